The first-order valence-corrected chi connectivity index (χ1v) is 7.82. The van der Waals surface area contributed by atoms with E-state index in [1.54, 1.807) is 38.3 Å². The first-order valence-electron chi connectivity index (χ1n) is 7.00. The molecule has 2 aromatic rings. The highest BCUT2D eigenvalue weighted by atomic mass is 32.1. The minimum Gasteiger partial charge on any atom is -0.497 e. The summed E-state index contributed by atoms with van der Waals surface area (Å²) in [7, 11) is 1.57. The molecule has 1 aromatic carbocycles. The first-order chi connectivity index (χ1) is 10.9. The number of nitrogens with zero attached hydrogens (tertiary/aromatic N) is 1. The van der Waals surface area contributed by atoms with Crippen LogP contribution in [0.4, 0.5) is 5.69 Å². The normalized spacial score (nSPS) is 11.7. The third-order valence-corrected chi connectivity index (χ3v) is 4.15. The molecule has 0 bridgehead atoms. The van der Waals surface area contributed by atoms with E-state index in [0.717, 1.165) is 5.01 Å². The van der Waals surface area contributed by atoms with Crippen molar-refractivity contribution in [2.75, 3.05) is 12.4 Å². The number of hydrogen-bond acceptors (Lipinski definition) is 6. The fraction of sp³-hybridized carbons (Fsp3) is 0.312. The van der Waals surface area contributed by atoms with E-state index in [1.807, 2.05) is 6.92 Å². The largest absolute Gasteiger partial charge is 0.497 e. The second-order valence-electron chi connectivity index (χ2n) is 4.91. The van der Waals surface area contributed by atoms with Gasteiger partial charge in [0.25, 0.3) is 5.91 Å². The van der Waals surface area contributed by atoms with Crippen LogP contribution in [0, 0.1) is 13.8 Å². The Labute approximate surface area is 138 Å². The standard InChI is InChI=1S/C16H18N2O4S/c1-9-14(23-11(3)17-9)16(20)22-10(2)15(19)18-12-5-7-13(21-4)8-6-12/h5-8,10H,1-4H3,(H,18,19)/t10-/m0/s1. The summed E-state index contributed by atoms with van der Waals surface area (Å²) in [5.74, 6) is -0.244. The molecule has 0 aliphatic rings. The summed E-state index contributed by atoms with van der Waals surface area (Å²) < 4.78 is 10.3. The number of thiazole rings is 1. The number of methoxy groups -OCH3 is 1. The first kappa shape index (κ1) is 17.0. The number of nitrogens with one attached hydrogen (secondary N) is 1. The Morgan fingerprint density at radius 3 is 2.39 bits per heavy atom. The summed E-state index contributed by atoms with van der Waals surface area (Å²) in [6, 6.07) is 6.88. The topological polar surface area (TPSA) is 77.5 Å². The number of benzene rings is 1. The lowest BCUT2D eigenvalue weighted by atomic mass is 10.3. The van der Waals surface area contributed by atoms with E-state index in [1.165, 1.54) is 18.3 Å². The highest BCUT2D eigenvalue weighted by Crippen LogP contribution is 2.19. The molecule has 7 heteroatoms. The molecule has 0 saturated heterocycles. The smallest absolute Gasteiger partial charge is 0.351 e. The minimum atomic E-state index is -0.911. The average Bonchev–Trinajstić information content (AvgIpc) is 2.86. The van der Waals surface area contributed by atoms with E-state index in [4.69, 9.17) is 9.47 Å². The summed E-state index contributed by atoms with van der Waals surface area (Å²) in [6.45, 7) is 5.08. The van der Waals surface area contributed by atoms with Gasteiger partial charge in [-0.1, -0.05) is 0 Å². The van der Waals surface area contributed by atoms with Gasteiger partial charge in [-0.15, -0.1) is 11.3 Å². The third-order valence-electron chi connectivity index (χ3n) is 3.10. The number of esters is 1. The maximum absolute atomic E-state index is 12.1. The maximum atomic E-state index is 12.1. The van der Waals surface area contributed by atoms with Crippen molar-refractivity contribution in [3.05, 3.63) is 39.8 Å². The number of anilines is 1. The number of ether oxygens (including phenoxy) is 2. The number of carbonyl (C=O) groups excluding carboxylic acids is 2. The zero-order valence-corrected chi connectivity index (χ0v) is 14.2. The Morgan fingerprint density at radius 1 is 1.22 bits per heavy atom. The second kappa shape index (κ2) is 7.23. The van der Waals surface area contributed by atoms with Crippen molar-refractivity contribution in [3.63, 3.8) is 0 Å². The van der Waals surface area contributed by atoms with E-state index in [2.05, 4.69) is 10.3 Å². The van der Waals surface area contributed by atoms with Crippen LogP contribution in [0.2, 0.25) is 0 Å². The van der Waals surface area contributed by atoms with Gasteiger partial charge in [0.05, 0.1) is 17.8 Å². The van der Waals surface area contributed by atoms with Gasteiger partial charge in [0.15, 0.2) is 6.10 Å². The van der Waals surface area contributed by atoms with Gasteiger partial charge < -0.3 is 14.8 Å². The number of hydrogen-bond donors (Lipinski definition) is 1. The molecular weight excluding hydrogens is 316 g/mol. The van der Waals surface area contributed by atoms with E-state index in [0.29, 0.717) is 22.0 Å². The molecule has 0 fully saturated rings. The molecule has 0 saturated carbocycles. The Balaban J connectivity index is 1.96. The molecule has 2 rings (SSSR count). The van der Waals surface area contributed by atoms with Crippen LogP contribution in [0.3, 0.4) is 0 Å². The molecule has 1 N–H and O–H groups in total. The molecule has 0 radical (unpaired) electrons. The summed E-state index contributed by atoms with van der Waals surface area (Å²) in [5, 5.41) is 3.47. The van der Waals surface area contributed by atoms with Gasteiger partial charge in [0.1, 0.15) is 10.6 Å². The summed E-state index contributed by atoms with van der Waals surface area (Å²) in [5.41, 5.74) is 1.21. The van der Waals surface area contributed by atoms with Crippen LogP contribution in [-0.2, 0) is 9.53 Å². The second-order valence-corrected chi connectivity index (χ2v) is 6.12. The molecule has 6 nitrogen and oxygen atoms in total. The van der Waals surface area contributed by atoms with Crippen molar-refractivity contribution >= 4 is 28.9 Å². The molecule has 0 aliphatic carbocycles. The number of aromatic nitrogens is 1. The monoisotopic (exact) mass is 334 g/mol. The predicted molar refractivity (Wildman–Crippen MR) is 88.1 cm³/mol. The van der Waals surface area contributed by atoms with Crippen LogP contribution < -0.4 is 10.1 Å². The lowest BCUT2D eigenvalue weighted by molar-refractivity contribution is -0.123. The van der Waals surface area contributed by atoms with Crippen molar-refractivity contribution in [3.8, 4) is 5.75 Å². The molecule has 1 aromatic heterocycles. The zero-order valence-electron chi connectivity index (χ0n) is 13.4. The molecule has 1 amide bonds. The Morgan fingerprint density at radius 2 is 1.87 bits per heavy atom. The Hall–Kier alpha value is -2.41. The lowest BCUT2D eigenvalue weighted by Crippen LogP contribution is -2.29. The van der Waals surface area contributed by atoms with Crippen molar-refractivity contribution in [1.82, 2.24) is 4.98 Å². The van der Waals surface area contributed by atoms with Crippen molar-refractivity contribution in [1.29, 1.82) is 0 Å². The van der Waals surface area contributed by atoms with Crippen LogP contribution in [0.5, 0.6) is 5.75 Å². The van der Waals surface area contributed by atoms with E-state index >= 15 is 0 Å². The van der Waals surface area contributed by atoms with Crippen LogP contribution in [0.25, 0.3) is 0 Å². The molecular formula is C16H18N2O4S. The predicted octanol–water partition coefficient (Wildman–Crippen LogP) is 2.95. The lowest BCUT2D eigenvalue weighted by Gasteiger charge is -2.13. The molecule has 1 atom stereocenters. The molecule has 122 valence electrons. The number of rotatable bonds is 5. The van der Waals surface area contributed by atoms with E-state index in [9.17, 15) is 9.59 Å². The highest BCUT2D eigenvalue weighted by molar-refractivity contribution is 7.13. The molecule has 0 aliphatic heterocycles. The van der Waals surface area contributed by atoms with Crippen LogP contribution in [0.15, 0.2) is 24.3 Å². The fourth-order valence-electron chi connectivity index (χ4n) is 1.91. The third kappa shape index (κ3) is 4.29. The van der Waals surface area contributed by atoms with Crippen molar-refractivity contribution in [2.24, 2.45) is 0 Å². The average molecular weight is 334 g/mol. The van der Waals surface area contributed by atoms with Gasteiger partial charge in [0.2, 0.25) is 0 Å². The SMILES string of the molecule is COc1ccc(NC(=O)[C@H](C)OC(=O)c2sc(C)nc2C)cc1. The van der Waals surface area contributed by atoms with Crippen LogP contribution >= 0.6 is 11.3 Å². The molecule has 0 unspecified atom stereocenters. The molecule has 0 spiro atoms. The van der Waals surface area contributed by atoms with Gasteiger partial charge in [-0.25, -0.2) is 9.78 Å². The Kier molecular flexibility index (Phi) is 5.33. The number of aryl methyl sites for hydroxylation is 2. The zero-order chi connectivity index (χ0) is 17.0. The van der Waals surface area contributed by atoms with E-state index < -0.39 is 18.0 Å². The summed E-state index contributed by atoms with van der Waals surface area (Å²) in [6.07, 6.45) is -0.911. The van der Waals surface area contributed by atoms with Crippen molar-refractivity contribution in [2.45, 2.75) is 26.9 Å². The number of carbonyl (C=O) groups is 2. The number of amides is 1. The quantitative estimate of drug-likeness (QED) is 0.851. The fourth-order valence-corrected chi connectivity index (χ4v) is 2.71. The Bertz CT molecular complexity index is 709. The van der Waals surface area contributed by atoms with Crippen LogP contribution in [0.1, 0.15) is 27.3 Å². The van der Waals surface area contributed by atoms with Crippen molar-refractivity contribution < 1.29 is 19.1 Å². The molecule has 23 heavy (non-hydrogen) atoms. The summed E-state index contributed by atoms with van der Waals surface area (Å²) >= 11 is 1.25. The minimum absolute atomic E-state index is 0.401. The van der Waals surface area contributed by atoms with Crippen LogP contribution in [-0.4, -0.2) is 30.1 Å². The van der Waals surface area contributed by atoms with Gasteiger partial charge in [-0.3, -0.25) is 4.79 Å². The maximum Gasteiger partial charge on any atom is 0.351 e. The highest BCUT2D eigenvalue weighted by Gasteiger charge is 2.22. The van der Waals surface area contributed by atoms with Gasteiger partial charge in [-0.05, 0) is 45.0 Å². The van der Waals surface area contributed by atoms with Gasteiger partial charge >= 0.3 is 5.97 Å². The molecule has 1 heterocycles. The summed E-state index contributed by atoms with van der Waals surface area (Å²) in [4.78, 5) is 28.8. The van der Waals surface area contributed by atoms with E-state index in [-0.39, 0.29) is 0 Å². The van der Waals surface area contributed by atoms with Gasteiger partial charge in [0, 0.05) is 5.69 Å². The van der Waals surface area contributed by atoms with Gasteiger partial charge in [-0.2, -0.15) is 0 Å².